The van der Waals surface area contributed by atoms with E-state index < -0.39 is 5.79 Å². The molecule has 0 bridgehead atoms. The molecule has 0 saturated heterocycles. The van der Waals surface area contributed by atoms with Gasteiger partial charge in [-0.1, -0.05) is 42.0 Å². The van der Waals surface area contributed by atoms with Crippen molar-refractivity contribution in [3.8, 4) is 0 Å². The van der Waals surface area contributed by atoms with Crippen molar-refractivity contribution in [2.24, 2.45) is 0 Å². The zero-order chi connectivity index (χ0) is 14.3. The van der Waals surface area contributed by atoms with Gasteiger partial charge in [-0.05, 0) is 25.5 Å². The summed E-state index contributed by atoms with van der Waals surface area (Å²) in [4.78, 5) is 12.1. The maximum atomic E-state index is 12.1. The van der Waals surface area contributed by atoms with Crippen LogP contribution in [-0.2, 0) is 15.3 Å². The highest BCUT2D eigenvalue weighted by atomic mass is 16.7. The quantitative estimate of drug-likeness (QED) is 0.784. The van der Waals surface area contributed by atoms with E-state index in [0.717, 1.165) is 22.3 Å². The maximum Gasteiger partial charge on any atom is 0.341 e. The number of carbonyl (C=O) groups excluding carboxylic acids is 1. The number of aryl methyl sites for hydroxylation is 2. The first-order valence-corrected chi connectivity index (χ1v) is 6.54. The Morgan fingerprint density at radius 1 is 1.05 bits per heavy atom. The largest absolute Gasteiger partial charge is 0.420 e. The minimum atomic E-state index is -1.13. The van der Waals surface area contributed by atoms with E-state index in [1.165, 1.54) is 0 Å². The fraction of sp³-hybridized carbons (Fsp3) is 0.235. The monoisotopic (exact) mass is 268 g/mol. The average Bonchev–Trinajstić information content (AvgIpc) is 2.73. The number of esters is 1. The molecule has 0 unspecified atom stereocenters. The Labute approximate surface area is 118 Å². The molecule has 3 heteroatoms. The molecule has 2 aromatic rings. The molecular formula is C17H16O3. The molecule has 3 nitrogen and oxygen atoms in total. The van der Waals surface area contributed by atoms with E-state index in [-0.39, 0.29) is 5.97 Å². The molecule has 0 aromatic heterocycles. The molecule has 1 aliphatic rings. The summed E-state index contributed by atoms with van der Waals surface area (Å²) in [5, 5.41) is 0. The Bertz CT molecular complexity index is 690. The van der Waals surface area contributed by atoms with Crippen LogP contribution in [0.2, 0.25) is 0 Å². The highest BCUT2D eigenvalue weighted by Crippen LogP contribution is 2.43. The zero-order valence-electron chi connectivity index (χ0n) is 11.8. The molecule has 0 amide bonds. The molecule has 1 atom stereocenters. The van der Waals surface area contributed by atoms with Crippen molar-refractivity contribution in [1.29, 1.82) is 0 Å². The summed E-state index contributed by atoms with van der Waals surface area (Å²) in [5.74, 6) is -1.48. The van der Waals surface area contributed by atoms with Gasteiger partial charge in [-0.2, -0.15) is 0 Å². The standard InChI is InChI=1S/C17H16O3/c1-11-8-9-14(12(2)10-11)17(19-3)15-7-5-4-6-13(15)16(18)20-17/h4-10H,1-3H3/t17-/m0/s1. The van der Waals surface area contributed by atoms with Crippen LogP contribution in [0.5, 0.6) is 0 Å². The minimum Gasteiger partial charge on any atom is -0.420 e. The number of fused-ring (bicyclic) bond motifs is 1. The van der Waals surface area contributed by atoms with Gasteiger partial charge in [-0.3, -0.25) is 0 Å². The van der Waals surface area contributed by atoms with Crippen molar-refractivity contribution >= 4 is 5.97 Å². The smallest absolute Gasteiger partial charge is 0.341 e. The van der Waals surface area contributed by atoms with Gasteiger partial charge in [-0.15, -0.1) is 0 Å². The van der Waals surface area contributed by atoms with Crippen molar-refractivity contribution in [3.63, 3.8) is 0 Å². The molecule has 20 heavy (non-hydrogen) atoms. The van der Waals surface area contributed by atoms with Crippen LogP contribution >= 0.6 is 0 Å². The second kappa shape index (κ2) is 4.46. The topological polar surface area (TPSA) is 35.5 Å². The second-order valence-electron chi connectivity index (χ2n) is 5.07. The molecule has 0 aliphatic carbocycles. The summed E-state index contributed by atoms with van der Waals surface area (Å²) in [7, 11) is 1.56. The van der Waals surface area contributed by atoms with E-state index in [2.05, 4.69) is 6.07 Å². The molecule has 2 aromatic carbocycles. The molecule has 0 fully saturated rings. The first kappa shape index (κ1) is 12.9. The highest BCUT2D eigenvalue weighted by Gasteiger charge is 2.48. The molecule has 1 heterocycles. The average molecular weight is 268 g/mol. The number of hydrogen-bond donors (Lipinski definition) is 0. The molecule has 102 valence electrons. The first-order valence-electron chi connectivity index (χ1n) is 6.54. The number of carbonyl (C=O) groups is 1. The summed E-state index contributed by atoms with van der Waals surface area (Å²) in [6, 6.07) is 13.4. The Kier molecular flexibility index (Phi) is 2.87. The van der Waals surface area contributed by atoms with Crippen molar-refractivity contribution in [1.82, 2.24) is 0 Å². The van der Waals surface area contributed by atoms with E-state index >= 15 is 0 Å². The Hall–Kier alpha value is -2.13. The van der Waals surface area contributed by atoms with Gasteiger partial charge < -0.3 is 9.47 Å². The van der Waals surface area contributed by atoms with Crippen LogP contribution in [-0.4, -0.2) is 13.1 Å². The molecular weight excluding hydrogens is 252 g/mol. The van der Waals surface area contributed by atoms with Crippen LogP contribution in [0.3, 0.4) is 0 Å². The summed E-state index contributed by atoms with van der Waals surface area (Å²) < 4.78 is 11.3. The van der Waals surface area contributed by atoms with Crippen molar-refractivity contribution in [2.45, 2.75) is 19.6 Å². The third-order valence-electron chi connectivity index (χ3n) is 3.76. The van der Waals surface area contributed by atoms with Gasteiger partial charge in [0.25, 0.3) is 5.79 Å². The Balaban J connectivity index is 2.26. The van der Waals surface area contributed by atoms with Crippen LogP contribution in [0.4, 0.5) is 0 Å². The van der Waals surface area contributed by atoms with Crippen molar-refractivity contribution in [2.75, 3.05) is 7.11 Å². The predicted molar refractivity (Wildman–Crippen MR) is 75.6 cm³/mol. The fourth-order valence-electron chi connectivity index (χ4n) is 2.83. The third-order valence-corrected chi connectivity index (χ3v) is 3.76. The Morgan fingerprint density at radius 2 is 1.80 bits per heavy atom. The zero-order valence-corrected chi connectivity index (χ0v) is 11.8. The first-order chi connectivity index (χ1) is 9.58. The van der Waals surface area contributed by atoms with Crippen molar-refractivity contribution < 1.29 is 14.3 Å². The third kappa shape index (κ3) is 1.67. The molecule has 0 saturated carbocycles. The van der Waals surface area contributed by atoms with E-state index in [9.17, 15) is 4.79 Å². The van der Waals surface area contributed by atoms with Crippen LogP contribution in [0.25, 0.3) is 0 Å². The van der Waals surface area contributed by atoms with Crippen LogP contribution in [0, 0.1) is 13.8 Å². The minimum absolute atomic E-state index is 0.345. The number of rotatable bonds is 2. The number of ether oxygens (including phenoxy) is 2. The van der Waals surface area contributed by atoms with Gasteiger partial charge in [0.05, 0.1) is 5.56 Å². The summed E-state index contributed by atoms with van der Waals surface area (Å²) >= 11 is 0. The van der Waals surface area contributed by atoms with Crippen LogP contribution in [0.1, 0.15) is 32.6 Å². The Morgan fingerprint density at radius 3 is 2.50 bits per heavy atom. The number of methoxy groups -OCH3 is 1. The number of benzene rings is 2. The predicted octanol–water partition coefficient (Wildman–Crippen LogP) is 3.32. The van der Waals surface area contributed by atoms with Gasteiger partial charge >= 0.3 is 5.97 Å². The second-order valence-corrected chi connectivity index (χ2v) is 5.07. The van der Waals surface area contributed by atoms with Gasteiger partial charge in [0.1, 0.15) is 0 Å². The van der Waals surface area contributed by atoms with Crippen molar-refractivity contribution in [3.05, 3.63) is 70.3 Å². The fourth-order valence-corrected chi connectivity index (χ4v) is 2.83. The van der Waals surface area contributed by atoms with E-state index in [1.807, 2.05) is 44.2 Å². The van der Waals surface area contributed by atoms with E-state index in [4.69, 9.17) is 9.47 Å². The van der Waals surface area contributed by atoms with Gasteiger partial charge in [0.15, 0.2) is 0 Å². The SMILES string of the molecule is CO[C@@]1(c2ccc(C)cc2C)OC(=O)c2ccccc21. The van der Waals surface area contributed by atoms with E-state index in [1.54, 1.807) is 13.2 Å². The van der Waals surface area contributed by atoms with Gasteiger partial charge in [0.2, 0.25) is 0 Å². The molecule has 0 N–H and O–H groups in total. The molecule has 0 spiro atoms. The lowest BCUT2D eigenvalue weighted by atomic mass is 9.91. The van der Waals surface area contributed by atoms with Gasteiger partial charge in [0, 0.05) is 18.2 Å². The lowest BCUT2D eigenvalue weighted by Crippen LogP contribution is -2.31. The maximum absolute atomic E-state index is 12.1. The lowest BCUT2D eigenvalue weighted by Gasteiger charge is -2.29. The van der Waals surface area contributed by atoms with Gasteiger partial charge in [-0.25, -0.2) is 4.79 Å². The van der Waals surface area contributed by atoms with Crippen LogP contribution < -0.4 is 0 Å². The lowest BCUT2D eigenvalue weighted by molar-refractivity contribution is -0.155. The van der Waals surface area contributed by atoms with Crippen LogP contribution in [0.15, 0.2) is 42.5 Å². The normalized spacial score (nSPS) is 20.6. The molecule has 1 aliphatic heterocycles. The number of cyclic esters (lactones) is 1. The number of hydrogen-bond acceptors (Lipinski definition) is 3. The highest BCUT2D eigenvalue weighted by molar-refractivity contribution is 5.95. The molecule has 0 radical (unpaired) electrons. The summed E-state index contributed by atoms with van der Waals surface area (Å²) in [6.45, 7) is 4.03. The summed E-state index contributed by atoms with van der Waals surface area (Å²) in [5.41, 5.74) is 4.39. The van der Waals surface area contributed by atoms with E-state index in [0.29, 0.717) is 5.56 Å². The molecule has 3 rings (SSSR count). The summed E-state index contributed by atoms with van der Waals surface area (Å²) in [6.07, 6.45) is 0.